The van der Waals surface area contributed by atoms with Crippen LogP contribution >= 0.6 is 0 Å². The maximum absolute atomic E-state index is 11.1. The Labute approximate surface area is 158 Å². The molecule has 0 amide bonds. The summed E-state index contributed by atoms with van der Waals surface area (Å²) in [7, 11) is 3.18. The molecule has 2 aromatic rings. The lowest BCUT2D eigenvalue weighted by Gasteiger charge is -2.12. The summed E-state index contributed by atoms with van der Waals surface area (Å²) in [6.45, 7) is 3.36. The Hall–Kier alpha value is -3.29. The molecule has 8 nitrogen and oxygen atoms in total. The third kappa shape index (κ3) is 5.60. The van der Waals surface area contributed by atoms with Gasteiger partial charge in [-0.05, 0) is 24.6 Å². The van der Waals surface area contributed by atoms with Crippen LogP contribution in [0.2, 0.25) is 0 Å². The molecule has 27 heavy (non-hydrogen) atoms. The standard InChI is InChI=1S/C19H24N4O4/c1-4-20-19(22-13-15-7-5-6-8-16(15)23(24)25)21-12-14-9-10-17(26-2)18(11-14)27-3/h5-11H,4,12-13H2,1-3H3,(H2,20,21,22). The predicted octanol–water partition coefficient (Wildman–Crippen LogP) is 2.87. The van der Waals surface area contributed by atoms with E-state index >= 15 is 0 Å². The number of nitrogens with one attached hydrogen (secondary N) is 2. The van der Waals surface area contributed by atoms with Crippen molar-refractivity contribution in [3.05, 3.63) is 63.7 Å². The van der Waals surface area contributed by atoms with E-state index in [9.17, 15) is 10.1 Å². The number of hydrogen-bond donors (Lipinski definition) is 2. The summed E-state index contributed by atoms with van der Waals surface area (Å²) in [6, 6.07) is 12.3. The number of para-hydroxylation sites is 1. The summed E-state index contributed by atoms with van der Waals surface area (Å²) in [5, 5.41) is 17.4. The van der Waals surface area contributed by atoms with Crippen LogP contribution in [-0.2, 0) is 13.1 Å². The fourth-order valence-corrected chi connectivity index (χ4v) is 2.51. The summed E-state index contributed by atoms with van der Waals surface area (Å²) in [5.41, 5.74) is 1.63. The zero-order chi connectivity index (χ0) is 19.6. The second-order valence-corrected chi connectivity index (χ2v) is 5.62. The first-order valence-electron chi connectivity index (χ1n) is 8.54. The molecule has 144 valence electrons. The maximum Gasteiger partial charge on any atom is 0.274 e. The number of nitro groups is 1. The number of benzene rings is 2. The number of nitro benzene ring substituents is 1. The molecule has 0 unspecified atom stereocenters. The quantitative estimate of drug-likeness (QED) is 0.320. The number of hydrogen-bond acceptors (Lipinski definition) is 5. The van der Waals surface area contributed by atoms with Crippen LogP contribution < -0.4 is 20.1 Å². The summed E-state index contributed by atoms with van der Waals surface area (Å²) in [5.74, 6) is 1.88. The molecule has 2 rings (SSSR count). The first kappa shape index (κ1) is 20.0. The van der Waals surface area contributed by atoms with Crippen molar-refractivity contribution in [1.82, 2.24) is 10.6 Å². The number of nitrogens with zero attached hydrogens (tertiary/aromatic N) is 2. The second kappa shape index (κ2) is 10.0. The van der Waals surface area contributed by atoms with Gasteiger partial charge in [0.05, 0.1) is 25.7 Å². The highest BCUT2D eigenvalue weighted by Crippen LogP contribution is 2.27. The van der Waals surface area contributed by atoms with Gasteiger partial charge in [-0.15, -0.1) is 0 Å². The molecule has 0 fully saturated rings. The molecule has 0 heterocycles. The van der Waals surface area contributed by atoms with Gasteiger partial charge >= 0.3 is 0 Å². The zero-order valence-electron chi connectivity index (χ0n) is 15.7. The number of aliphatic imine (C=N–C) groups is 1. The Bertz CT molecular complexity index is 808. The predicted molar refractivity (Wildman–Crippen MR) is 104 cm³/mol. The molecule has 0 aliphatic heterocycles. The second-order valence-electron chi connectivity index (χ2n) is 5.62. The Balaban J connectivity index is 2.10. The average Bonchev–Trinajstić information content (AvgIpc) is 2.69. The van der Waals surface area contributed by atoms with Crippen LogP contribution in [0.5, 0.6) is 11.5 Å². The van der Waals surface area contributed by atoms with Crippen LogP contribution in [0.25, 0.3) is 0 Å². The van der Waals surface area contributed by atoms with Gasteiger partial charge in [0.1, 0.15) is 0 Å². The third-order valence-electron chi connectivity index (χ3n) is 3.85. The number of methoxy groups -OCH3 is 2. The largest absolute Gasteiger partial charge is 0.493 e. The minimum absolute atomic E-state index is 0.0840. The summed E-state index contributed by atoms with van der Waals surface area (Å²) in [4.78, 5) is 15.3. The van der Waals surface area contributed by atoms with Crippen molar-refractivity contribution in [2.75, 3.05) is 20.8 Å². The minimum Gasteiger partial charge on any atom is -0.493 e. The van der Waals surface area contributed by atoms with Crippen LogP contribution in [0.3, 0.4) is 0 Å². The van der Waals surface area contributed by atoms with E-state index < -0.39 is 0 Å². The molecule has 0 aliphatic carbocycles. The molecule has 0 atom stereocenters. The molecule has 0 aromatic heterocycles. The molecule has 0 aliphatic rings. The topological polar surface area (TPSA) is 98.0 Å². The van der Waals surface area contributed by atoms with Crippen LogP contribution in [-0.4, -0.2) is 31.6 Å². The van der Waals surface area contributed by atoms with E-state index in [0.29, 0.717) is 42.7 Å². The Kier molecular flexibility index (Phi) is 7.42. The van der Waals surface area contributed by atoms with Gasteiger partial charge in [0.15, 0.2) is 17.5 Å². The van der Waals surface area contributed by atoms with E-state index in [2.05, 4.69) is 15.6 Å². The molecular weight excluding hydrogens is 348 g/mol. The van der Waals surface area contributed by atoms with Crippen LogP contribution in [0.15, 0.2) is 47.5 Å². The van der Waals surface area contributed by atoms with Gasteiger partial charge < -0.3 is 20.1 Å². The molecule has 8 heteroatoms. The molecule has 0 bridgehead atoms. The fourth-order valence-electron chi connectivity index (χ4n) is 2.51. The van der Waals surface area contributed by atoms with Crippen molar-refractivity contribution in [2.45, 2.75) is 20.0 Å². The smallest absolute Gasteiger partial charge is 0.274 e. The first-order chi connectivity index (χ1) is 13.1. The van der Waals surface area contributed by atoms with Gasteiger partial charge in [-0.25, -0.2) is 4.99 Å². The highest BCUT2D eigenvalue weighted by Gasteiger charge is 2.12. The monoisotopic (exact) mass is 372 g/mol. The normalized spacial score (nSPS) is 11.0. The van der Waals surface area contributed by atoms with Gasteiger partial charge in [-0.2, -0.15) is 0 Å². The van der Waals surface area contributed by atoms with Gasteiger partial charge in [-0.3, -0.25) is 10.1 Å². The van der Waals surface area contributed by atoms with Crippen molar-refractivity contribution in [1.29, 1.82) is 0 Å². The summed E-state index contributed by atoms with van der Waals surface area (Å²) < 4.78 is 10.5. The number of rotatable bonds is 8. The number of guanidine groups is 1. The highest BCUT2D eigenvalue weighted by molar-refractivity contribution is 5.79. The molecule has 0 saturated carbocycles. The molecule has 0 spiro atoms. The number of ether oxygens (including phenoxy) is 2. The van der Waals surface area contributed by atoms with Crippen molar-refractivity contribution in [2.24, 2.45) is 4.99 Å². The van der Waals surface area contributed by atoms with Crippen LogP contribution in [0, 0.1) is 10.1 Å². The SMILES string of the molecule is CCNC(=NCc1ccc(OC)c(OC)c1)NCc1ccccc1[N+](=O)[O-]. The maximum atomic E-state index is 11.1. The molecule has 0 saturated heterocycles. The van der Waals surface area contributed by atoms with E-state index in [1.54, 1.807) is 32.4 Å². The molecule has 0 radical (unpaired) electrons. The lowest BCUT2D eigenvalue weighted by molar-refractivity contribution is -0.385. The van der Waals surface area contributed by atoms with Crippen molar-refractivity contribution >= 4 is 11.6 Å². The van der Waals surface area contributed by atoms with Crippen molar-refractivity contribution in [3.8, 4) is 11.5 Å². The van der Waals surface area contributed by atoms with Crippen molar-refractivity contribution < 1.29 is 14.4 Å². The zero-order valence-corrected chi connectivity index (χ0v) is 15.7. The first-order valence-corrected chi connectivity index (χ1v) is 8.54. The Morgan fingerprint density at radius 3 is 2.52 bits per heavy atom. The molecule has 2 N–H and O–H groups in total. The summed E-state index contributed by atoms with van der Waals surface area (Å²) in [6.07, 6.45) is 0. The van der Waals surface area contributed by atoms with E-state index in [1.807, 2.05) is 25.1 Å². The lowest BCUT2D eigenvalue weighted by atomic mass is 10.2. The van der Waals surface area contributed by atoms with Gasteiger partial charge in [0, 0.05) is 24.7 Å². The van der Waals surface area contributed by atoms with E-state index in [1.165, 1.54) is 6.07 Å². The fraction of sp³-hybridized carbons (Fsp3) is 0.316. The lowest BCUT2D eigenvalue weighted by Crippen LogP contribution is -2.36. The Morgan fingerprint density at radius 2 is 1.85 bits per heavy atom. The van der Waals surface area contributed by atoms with E-state index in [0.717, 1.165) is 5.56 Å². The van der Waals surface area contributed by atoms with E-state index in [4.69, 9.17) is 9.47 Å². The Morgan fingerprint density at radius 1 is 1.11 bits per heavy atom. The molecular formula is C19H24N4O4. The average molecular weight is 372 g/mol. The third-order valence-corrected chi connectivity index (χ3v) is 3.85. The highest BCUT2D eigenvalue weighted by atomic mass is 16.6. The van der Waals surface area contributed by atoms with Gasteiger partial charge in [-0.1, -0.05) is 24.3 Å². The van der Waals surface area contributed by atoms with Crippen molar-refractivity contribution in [3.63, 3.8) is 0 Å². The van der Waals surface area contributed by atoms with Crippen LogP contribution in [0.1, 0.15) is 18.1 Å². The van der Waals surface area contributed by atoms with Gasteiger partial charge in [0.2, 0.25) is 0 Å². The van der Waals surface area contributed by atoms with E-state index in [-0.39, 0.29) is 10.6 Å². The van der Waals surface area contributed by atoms with Crippen LogP contribution in [0.4, 0.5) is 5.69 Å². The minimum atomic E-state index is -0.384. The summed E-state index contributed by atoms with van der Waals surface area (Å²) >= 11 is 0. The molecule has 2 aromatic carbocycles. The van der Waals surface area contributed by atoms with Gasteiger partial charge in [0.25, 0.3) is 5.69 Å².